The highest BCUT2D eigenvalue weighted by atomic mass is 16.3. The molecule has 0 saturated heterocycles. The number of rotatable bonds is 4. The minimum atomic E-state index is -0.216. The second-order valence-electron chi connectivity index (χ2n) is 4.67. The maximum Gasteiger partial charge on any atom is 0.244 e. The fourth-order valence-electron chi connectivity index (χ4n) is 1.77. The predicted octanol–water partition coefficient (Wildman–Crippen LogP) is 2.72. The average Bonchev–Trinajstić information content (AvgIpc) is 2.46. The molecule has 0 bridgehead atoms. The van der Waals surface area contributed by atoms with Crippen LogP contribution in [0.15, 0.2) is 45.8 Å². The Kier molecular flexibility index (Phi) is 4.35. The van der Waals surface area contributed by atoms with E-state index >= 15 is 0 Å². The van der Waals surface area contributed by atoms with Crippen molar-refractivity contribution in [3.05, 3.63) is 52.4 Å². The minimum Gasteiger partial charge on any atom is -0.463 e. The first-order valence-electron chi connectivity index (χ1n) is 6.61. The Morgan fingerprint density at radius 1 is 1.40 bits per heavy atom. The summed E-state index contributed by atoms with van der Waals surface area (Å²) < 4.78 is 5.38. The number of para-hydroxylation sites is 1. The van der Waals surface area contributed by atoms with Crippen molar-refractivity contribution in [3.63, 3.8) is 0 Å². The third kappa shape index (κ3) is 3.15. The van der Waals surface area contributed by atoms with Crippen LogP contribution in [0.5, 0.6) is 0 Å². The van der Waals surface area contributed by atoms with Gasteiger partial charge in [-0.15, -0.1) is 0 Å². The second kappa shape index (κ2) is 6.19. The lowest BCUT2D eigenvalue weighted by Crippen LogP contribution is -2.30. The standard InChI is InChI=1S/C16H17NO3/c1-3-11(2)17-15(18)9-8-12-10-20-14-7-5-4-6-13(14)16(12)19/h4-11H,3H2,1-2H3,(H,17,18)/b9-8+. The molecule has 0 aliphatic rings. The summed E-state index contributed by atoms with van der Waals surface area (Å²) in [6.07, 6.45) is 5.07. The Bertz CT molecular complexity index is 700. The molecule has 1 amide bonds. The van der Waals surface area contributed by atoms with Crippen LogP contribution in [0.1, 0.15) is 25.8 Å². The highest BCUT2D eigenvalue weighted by Crippen LogP contribution is 2.11. The van der Waals surface area contributed by atoms with Crippen molar-refractivity contribution >= 4 is 23.0 Å². The molecule has 4 heteroatoms. The normalized spacial score (nSPS) is 12.7. The molecule has 104 valence electrons. The third-order valence-electron chi connectivity index (χ3n) is 3.12. The van der Waals surface area contributed by atoms with E-state index in [4.69, 9.17) is 4.42 Å². The maximum absolute atomic E-state index is 12.2. The number of carbonyl (C=O) groups excluding carboxylic acids is 1. The second-order valence-corrected chi connectivity index (χ2v) is 4.67. The van der Waals surface area contributed by atoms with Crippen molar-refractivity contribution in [2.45, 2.75) is 26.3 Å². The molecule has 1 N–H and O–H groups in total. The van der Waals surface area contributed by atoms with Gasteiger partial charge in [-0.2, -0.15) is 0 Å². The molecule has 1 atom stereocenters. The Balaban J connectivity index is 2.24. The fraction of sp³-hybridized carbons (Fsp3) is 0.250. The SMILES string of the molecule is CCC(C)NC(=O)/C=C/c1coc2ccccc2c1=O. The van der Waals surface area contributed by atoms with Crippen molar-refractivity contribution in [2.75, 3.05) is 0 Å². The Morgan fingerprint density at radius 2 is 2.15 bits per heavy atom. The lowest BCUT2D eigenvalue weighted by molar-refractivity contribution is -0.117. The summed E-state index contributed by atoms with van der Waals surface area (Å²) in [5, 5.41) is 3.31. The maximum atomic E-state index is 12.2. The van der Waals surface area contributed by atoms with Crippen molar-refractivity contribution in [3.8, 4) is 0 Å². The zero-order valence-corrected chi connectivity index (χ0v) is 11.6. The molecule has 0 aliphatic heterocycles. The van der Waals surface area contributed by atoms with E-state index in [0.717, 1.165) is 6.42 Å². The van der Waals surface area contributed by atoms with E-state index in [-0.39, 0.29) is 17.4 Å². The van der Waals surface area contributed by atoms with Gasteiger partial charge >= 0.3 is 0 Å². The number of benzene rings is 1. The first-order valence-corrected chi connectivity index (χ1v) is 6.61. The Morgan fingerprint density at radius 3 is 2.90 bits per heavy atom. The summed E-state index contributed by atoms with van der Waals surface area (Å²) in [5.41, 5.74) is 0.765. The van der Waals surface area contributed by atoms with E-state index in [1.807, 2.05) is 13.8 Å². The number of fused-ring (bicyclic) bond motifs is 1. The zero-order chi connectivity index (χ0) is 14.5. The van der Waals surface area contributed by atoms with E-state index in [2.05, 4.69) is 5.32 Å². The fourth-order valence-corrected chi connectivity index (χ4v) is 1.77. The van der Waals surface area contributed by atoms with E-state index in [9.17, 15) is 9.59 Å². The molecular weight excluding hydrogens is 254 g/mol. The number of nitrogens with one attached hydrogen (secondary N) is 1. The van der Waals surface area contributed by atoms with Crippen LogP contribution >= 0.6 is 0 Å². The molecule has 0 radical (unpaired) electrons. The molecule has 4 nitrogen and oxygen atoms in total. The number of hydrogen-bond donors (Lipinski definition) is 1. The molecule has 0 fully saturated rings. The van der Waals surface area contributed by atoms with Crippen LogP contribution in [0, 0.1) is 0 Å². The van der Waals surface area contributed by atoms with Crippen LogP contribution < -0.4 is 10.7 Å². The molecule has 0 saturated carbocycles. The van der Waals surface area contributed by atoms with Gasteiger partial charge in [-0.25, -0.2) is 0 Å². The van der Waals surface area contributed by atoms with Crippen LogP contribution in [-0.2, 0) is 4.79 Å². The number of carbonyl (C=O) groups is 1. The predicted molar refractivity (Wildman–Crippen MR) is 79.4 cm³/mol. The molecule has 20 heavy (non-hydrogen) atoms. The van der Waals surface area contributed by atoms with E-state index in [0.29, 0.717) is 16.5 Å². The zero-order valence-electron chi connectivity index (χ0n) is 11.6. The largest absolute Gasteiger partial charge is 0.463 e. The minimum absolute atomic E-state index is 0.111. The monoisotopic (exact) mass is 271 g/mol. The topological polar surface area (TPSA) is 59.3 Å². The van der Waals surface area contributed by atoms with Crippen LogP contribution in [0.2, 0.25) is 0 Å². The first-order chi connectivity index (χ1) is 9.61. The van der Waals surface area contributed by atoms with Gasteiger partial charge in [0.25, 0.3) is 0 Å². The third-order valence-corrected chi connectivity index (χ3v) is 3.12. The van der Waals surface area contributed by atoms with Gasteiger partial charge in [0.2, 0.25) is 5.91 Å². The van der Waals surface area contributed by atoms with Gasteiger partial charge < -0.3 is 9.73 Å². The lowest BCUT2D eigenvalue weighted by Gasteiger charge is -2.08. The molecular formula is C16H17NO3. The van der Waals surface area contributed by atoms with Crippen molar-refractivity contribution < 1.29 is 9.21 Å². The molecule has 0 spiro atoms. The molecule has 2 rings (SSSR count). The summed E-state index contributed by atoms with van der Waals surface area (Å²) in [6, 6.07) is 7.14. The van der Waals surface area contributed by atoms with E-state index < -0.39 is 0 Å². The van der Waals surface area contributed by atoms with Gasteiger partial charge in [-0.05, 0) is 31.6 Å². The first kappa shape index (κ1) is 14.1. The molecule has 1 unspecified atom stereocenters. The molecule has 1 aromatic heterocycles. The molecule has 1 aromatic carbocycles. The van der Waals surface area contributed by atoms with Gasteiger partial charge in [0.15, 0.2) is 5.43 Å². The summed E-state index contributed by atoms with van der Waals surface area (Å²) >= 11 is 0. The van der Waals surface area contributed by atoms with Crippen molar-refractivity contribution in [2.24, 2.45) is 0 Å². The lowest BCUT2D eigenvalue weighted by atomic mass is 10.1. The van der Waals surface area contributed by atoms with Crippen LogP contribution in [0.25, 0.3) is 17.0 Å². The van der Waals surface area contributed by atoms with Gasteiger partial charge in [0, 0.05) is 12.1 Å². The van der Waals surface area contributed by atoms with Gasteiger partial charge in [-0.3, -0.25) is 9.59 Å². The quantitative estimate of drug-likeness (QED) is 0.870. The summed E-state index contributed by atoms with van der Waals surface area (Å²) in [4.78, 5) is 23.8. The Hall–Kier alpha value is -2.36. The molecule has 1 heterocycles. The number of hydrogen-bond acceptors (Lipinski definition) is 3. The van der Waals surface area contributed by atoms with Crippen molar-refractivity contribution in [1.29, 1.82) is 0 Å². The number of amides is 1. The van der Waals surface area contributed by atoms with Crippen molar-refractivity contribution in [1.82, 2.24) is 5.32 Å². The van der Waals surface area contributed by atoms with Gasteiger partial charge in [0.05, 0.1) is 10.9 Å². The summed E-state index contributed by atoms with van der Waals surface area (Å²) in [6.45, 7) is 3.92. The van der Waals surface area contributed by atoms with Crippen LogP contribution in [0.3, 0.4) is 0 Å². The van der Waals surface area contributed by atoms with Crippen LogP contribution in [-0.4, -0.2) is 11.9 Å². The summed E-state index contributed by atoms with van der Waals surface area (Å²) in [5.74, 6) is -0.216. The smallest absolute Gasteiger partial charge is 0.244 e. The highest BCUT2D eigenvalue weighted by Gasteiger charge is 2.05. The Labute approximate surface area is 117 Å². The highest BCUT2D eigenvalue weighted by molar-refractivity contribution is 5.92. The summed E-state index contributed by atoms with van der Waals surface area (Å²) in [7, 11) is 0. The van der Waals surface area contributed by atoms with E-state index in [1.54, 1.807) is 24.3 Å². The van der Waals surface area contributed by atoms with Crippen LogP contribution in [0.4, 0.5) is 0 Å². The van der Waals surface area contributed by atoms with Gasteiger partial charge in [0.1, 0.15) is 11.8 Å². The average molecular weight is 271 g/mol. The van der Waals surface area contributed by atoms with E-state index in [1.165, 1.54) is 18.4 Å². The van der Waals surface area contributed by atoms with Gasteiger partial charge in [-0.1, -0.05) is 19.1 Å². The molecule has 2 aromatic rings. The molecule has 0 aliphatic carbocycles.